The van der Waals surface area contributed by atoms with Gasteiger partial charge >= 0.3 is 6.18 Å². The summed E-state index contributed by atoms with van der Waals surface area (Å²) in [6, 6.07) is 0. The van der Waals surface area contributed by atoms with Gasteiger partial charge in [0, 0.05) is 13.0 Å². The highest BCUT2D eigenvalue weighted by Gasteiger charge is 2.36. The fourth-order valence-electron chi connectivity index (χ4n) is 1.69. The third kappa shape index (κ3) is 4.91. The van der Waals surface area contributed by atoms with Gasteiger partial charge in [-0.15, -0.1) is 0 Å². The van der Waals surface area contributed by atoms with Crippen molar-refractivity contribution >= 4 is 5.91 Å². The highest BCUT2D eigenvalue weighted by molar-refractivity contribution is 5.77. The van der Waals surface area contributed by atoms with Gasteiger partial charge in [-0.1, -0.05) is 0 Å². The molecule has 0 radical (unpaired) electrons. The van der Waals surface area contributed by atoms with E-state index in [1.54, 1.807) is 0 Å². The van der Waals surface area contributed by atoms with E-state index < -0.39 is 12.8 Å². The number of nitrogens with one attached hydrogen (secondary N) is 1. The number of amides is 1. The molecule has 1 amide bonds. The molecule has 0 aliphatic heterocycles. The second kappa shape index (κ2) is 5.68. The molecule has 4 nitrogen and oxygen atoms in total. The van der Waals surface area contributed by atoms with Gasteiger partial charge in [0.1, 0.15) is 6.61 Å². The van der Waals surface area contributed by atoms with Crippen molar-refractivity contribution in [2.24, 2.45) is 5.73 Å². The molecule has 1 aliphatic carbocycles. The van der Waals surface area contributed by atoms with Crippen molar-refractivity contribution in [3.63, 3.8) is 0 Å². The maximum atomic E-state index is 11.7. The van der Waals surface area contributed by atoms with Gasteiger partial charge < -0.3 is 15.8 Å². The zero-order valence-electron chi connectivity index (χ0n) is 9.48. The van der Waals surface area contributed by atoms with Crippen LogP contribution in [-0.2, 0) is 9.53 Å². The summed E-state index contributed by atoms with van der Waals surface area (Å²) in [4.78, 5) is 11.4. The van der Waals surface area contributed by atoms with Gasteiger partial charge in [0.15, 0.2) is 0 Å². The lowest BCUT2D eigenvalue weighted by Gasteiger charge is -2.41. The third-order valence-corrected chi connectivity index (χ3v) is 2.85. The number of carbonyl (C=O) groups is 1. The van der Waals surface area contributed by atoms with Crippen LogP contribution < -0.4 is 11.1 Å². The van der Waals surface area contributed by atoms with E-state index in [1.807, 2.05) is 0 Å². The summed E-state index contributed by atoms with van der Waals surface area (Å²) in [6.45, 7) is -1.18. The molecule has 0 bridgehead atoms. The lowest BCUT2D eigenvalue weighted by atomic mass is 9.77. The van der Waals surface area contributed by atoms with Crippen LogP contribution in [0.4, 0.5) is 13.2 Å². The Labute approximate surface area is 97.7 Å². The summed E-state index contributed by atoms with van der Waals surface area (Å²) in [7, 11) is 0. The number of nitrogens with two attached hydrogens (primary N) is 1. The lowest BCUT2D eigenvalue weighted by molar-refractivity contribution is -0.174. The summed E-state index contributed by atoms with van der Waals surface area (Å²) in [5.41, 5.74) is 5.20. The first-order chi connectivity index (χ1) is 7.87. The second-order valence-electron chi connectivity index (χ2n) is 4.30. The van der Waals surface area contributed by atoms with Gasteiger partial charge in [-0.2, -0.15) is 13.2 Å². The maximum Gasteiger partial charge on any atom is 0.411 e. The second-order valence-corrected chi connectivity index (χ2v) is 4.30. The minimum atomic E-state index is -4.34. The van der Waals surface area contributed by atoms with E-state index in [9.17, 15) is 18.0 Å². The van der Waals surface area contributed by atoms with Crippen LogP contribution in [0.25, 0.3) is 0 Å². The molecule has 0 aromatic rings. The van der Waals surface area contributed by atoms with E-state index in [4.69, 9.17) is 5.73 Å². The van der Waals surface area contributed by atoms with E-state index in [2.05, 4.69) is 10.1 Å². The van der Waals surface area contributed by atoms with Gasteiger partial charge in [0.25, 0.3) is 0 Å². The van der Waals surface area contributed by atoms with Crippen LogP contribution in [0, 0.1) is 0 Å². The Hall–Kier alpha value is -0.820. The summed E-state index contributed by atoms with van der Waals surface area (Å²) >= 11 is 0. The first-order valence-electron chi connectivity index (χ1n) is 5.52. The molecule has 0 atom stereocenters. The molecule has 0 heterocycles. The zero-order valence-corrected chi connectivity index (χ0v) is 9.48. The van der Waals surface area contributed by atoms with Crippen molar-refractivity contribution in [1.29, 1.82) is 0 Å². The van der Waals surface area contributed by atoms with E-state index >= 15 is 0 Å². The molecule has 17 heavy (non-hydrogen) atoms. The van der Waals surface area contributed by atoms with E-state index in [0.29, 0.717) is 6.54 Å². The zero-order chi connectivity index (χ0) is 12.9. The quantitative estimate of drug-likeness (QED) is 0.694. The Kier molecular flexibility index (Phi) is 4.76. The molecule has 0 aromatic heterocycles. The average Bonchev–Trinajstić information content (AvgIpc) is 2.17. The van der Waals surface area contributed by atoms with E-state index in [-0.39, 0.29) is 24.5 Å². The van der Waals surface area contributed by atoms with Crippen LogP contribution in [0.15, 0.2) is 0 Å². The predicted octanol–water partition coefficient (Wildman–Crippen LogP) is 0.953. The molecule has 1 saturated carbocycles. The largest absolute Gasteiger partial charge is 0.411 e. The van der Waals surface area contributed by atoms with Crippen LogP contribution in [0.1, 0.15) is 25.7 Å². The topological polar surface area (TPSA) is 64.3 Å². The van der Waals surface area contributed by atoms with Crippen LogP contribution in [0.2, 0.25) is 0 Å². The fourth-order valence-corrected chi connectivity index (χ4v) is 1.69. The molecule has 0 spiro atoms. The van der Waals surface area contributed by atoms with E-state index in [0.717, 1.165) is 19.3 Å². The smallest absolute Gasteiger partial charge is 0.372 e. The van der Waals surface area contributed by atoms with Crippen LogP contribution >= 0.6 is 0 Å². The van der Waals surface area contributed by atoms with Crippen molar-refractivity contribution in [2.45, 2.75) is 37.4 Å². The molecule has 0 aromatic carbocycles. The Bertz CT molecular complexity index is 259. The van der Waals surface area contributed by atoms with Gasteiger partial charge in [0.05, 0.1) is 12.1 Å². The van der Waals surface area contributed by atoms with Gasteiger partial charge in [-0.3, -0.25) is 4.79 Å². The number of ether oxygens (including phenoxy) is 1. The maximum absolute atomic E-state index is 11.7. The minimum absolute atomic E-state index is 0.0716. The molecule has 0 unspecified atom stereocenters. The highest BCUT2D eigenvalue weighted by Crippen LogP contribution is 2.30. The molecule has 3 N–H and O–H groups in total. The summed E-state index contributed by atoms with van der Waals surface area (Å²) in [5.74, 6) is -0.308. The van der Waals surface area contributed by atoms with Crippen molar-refractivity contribution in [1.82, 2.24) is 5.32 Å². The monoisotopic (exact) mass is 254 g/mol. The summed E-state index contributed by atoms with van der Waals surface area (Å²) in [6.07, 6.45) is -1.74. The van der Waals surface area contributed by atoms with Crippen LogP contribution in [0.3, 0.4) is 0 Å². The summed E-state index contributed by atoms with van der Waals surface area (Å²) in [5, 5.41) is 2.75. The molecule has 1 fully saturated rings. The first-order valence-corrected chi connectivity index (χ1v) is 5.52. The van der Waals surface area contributed by atoms with Crippen LogP contribution in [-0.4, -0.2) is 37.4 Å². The van der Waals surface area contributed by atoms with Gasteiger partial charge in [-0.05, 0) is 19.3 Å². The van der Waals surface area contributed by atoms with Crippen molar-refractivity contribution in [3.05, 3.63) is 0 Å². The van der Waals surface area contributed by atoms with Gasteiger partial charge in [0.2, 0.25) is 5.91 Å². The number of hydrogen-bond acceptors (Lipinski definition) is 3. The SMILES string of the molecule is NCC1(NC(=O)CCOCC(F)(F)F)CCC1. The Morgan fingerprint density at radius 1 is 1.41 bits per heavy atom. The molecule has 7 heteroatoms. The lowest BCUT2D eigenvalue weighted by Crippen LogP contribution is -2.58. The molecule has 0 saturated heterocycles. The van der Waals surface area contributed by atoms with Crippen molar-refractivity contribution < 1.29 is 22.7 Å². The third-order valence-electron chi connectivity index (χ3n) is 2.85. The first kappa shape index (κ1) is 14.2. The molecule has 1 aliphatic rings. The number of carbonyl (C=O) groups excluding carboxylic acids is 1. The van der Waals surface area contributed by atoms with Gasteiger partial charge in [-0.25, -0.2) is 0 Å². The highest BCUT2D eigenvalue weighted by atomic mass is 19.4. The molecule has 100 valence electrons. The average molecular weight is 254 g/mol. The summed E-state index contributed by atoms with van der Waals surface area (Å²) < 4.78 is 39.5. The fraction of sp³-hybridized carbons (Fsp3) is 0.900. The molecular weight excluding hydrogens is 237 g/mol. The number of alkyl halides is 3. The van der Waals surface area contributed by atoms with E-state index in [1.165, 1.54) is 0 Å². The van der Waals surface area contributed by atoms with Crippen LogP contribution in [0.5, 0.6) is 0 Å². The predicted molar refractivity (Wildman–Crippen MR) is 55.3 cm³/mol. The van der Waals surface area contributed by atoms with Crippen molar-refractivity contribution in [3.8, 4) is 0 Å². The van der Waals surface area contributed by atoms with Crippen molar-refractivity contribution in [2.75, 3.05) is 19.8 Å². The Balaban J connectivity index is 2.13. The Morgan fingerprint density at radius 2 is 2.06 bits per heavy atom. The molecular formula is C10H17F3N2O2. The number of hydrogen-bond donors (Lipinski definition) is 2. The minimum Gasteiger partial charge on any atom is -0.372 e. The normalized spacial score (nSPS) is 18.6. The Morgan fingerprint density at radius 3 is 2.47 bits per heavy atom. The number of halogens is 3. The standard InChI is InChI=1S/C10H17F3N2O2/c11-10(12,13)7-17-5-2-8(16)15-9(6-14)3-1-4-9/h1-7,14H2,(H,15,16). The molecule has 1 rings (SSSR count). The number of rotatable bonds is 6.